The first-order valence-electron chi connectivity index (χ1n) is 6.87. The molecule has 0 unspecified atom stereocenters. The predicted molar refractivity (Wildman–Crippen MR) is 83.4 cm³/mol. The van der Waals surface area contributed by atoms with Gasteiger partial charge < -0.3 is 9.26 Å². The van der Waals surface area contributed by atoms with Gasteiger partial charge >= 0.3 is 0 Å². The Kier molecular flexibility index (Phi) is 2.87. The second-order valence-corrected chi connectivity index (χ2v) is 6.73. The Labute approximate surface area is 135 Å². The lowest BCUT2D eigenvalue weighted by Gasteiger charge is -2.16. The van der Waals surface area contributed by atoms with Gasteiger partial charge in [-0.25, -0.2) is 0 Å². The molecule has 1 aliphatic rings. The van der Waals surface area contributed by atoms with E-state index >= 15 is 0 Å². The Balaban J connectivity index is 1.70. The van der Waals surface area contributed by atoms with Crippen LogP contribution >= 0.6 is 15.9 Å². The van der Waals surface area contributed by atoms with Gasteiger partial charge in [-0.3, -0.25) is 5.10 Å². The van der Waals surface area contributed by atoms with E-state index in [1.807, 2.05) is 12.1 Å². The third-order valence-electron chi connectivity index (χ3n) is 3.56. The Morgan fingerprint density at radius 3 is 2.95 bits per heavy atom. The van der Waals surface area contributed by atoms with E-state index < -0.39 is 0 Å². The molecule has 4 rings (SSSR count). The molecule has 1 aromatic carbocycles. The molecule has 0 saturated carbocycles. The smallest absolute Gasteiger partial charge is 0.258 e. The summed E-state index contributed by atoms with van der Waals surface area (Å²) in [5.74, 6) is 1.79. The summed E-state index contributed by atoms with van der Waals surface area (Å²) >= 11 is 3.39. The normalized spacial score (nSPS) is 15.6. The first-order valence-corrected chi connectivity index (χ1v) is 7.66. The quantitative estimate of drug-likeness (QED) is 0.755. The Bertz CT molecular complexity index is 853. The summed E-state index contributed by atoms with van der Waals surface area (Å²) in [6.07, 6.45) is 2.55. The van der Waals surface area contributed by atoms with E-state index in [2.05, 4.69) is 56.2 Å². The predicted octanol–water partition coefficient (Wildman–Crippen LogP) is 3.60. The van der Waals surface area contributed by atoms with E-state index in [1.54, 1.807) is 6.20 Å². The zero-order valence-corrected chi connectivity index (χ0v) is 13.6. The maximum atomic E-state index is 5.94. The number of aromatic nitrogens is 4. The van der Waals surface area contributed by atoms with Crippen molar-refractivity contribution in [3.8, 4) is 28.7 Å². The highest BCUT2D eigenvalue weighted by Crippen LogP contribution is 2.37. The Hall–Kier alpha value is -2.15. The summed E-state index contributed by atoms with van der Waals surface area (Å²) in [6.45, 7) is 4.15. The molecule has 2 aromatic heterocycles. The van der Waals surface area contributed by atoms with Crippen molar-refractivity contribution in [3.63, 3.8) is 0 Å². The number of hydrogen-bond acceptors (Lipinski definition) is 5. The van der Waals surface area contributed by atoms with Crippen LogP contribution in [0, 0.1) is 0 Å². The Morgan fingerprint density at radius 1 is 1.32 bits per heavy atom. The number of rotatable bonds is 2. The van der Waals surface area contributed by atoms with Crippen LogP contribution in [0.2, 0.25) is 0 Å². The van der Waals surface area contributed by atoms with Crippen molar-refractivity contribution in [2.24, 2.45) is 0 Å². The van der Waals surface area contributed by atoms with Gasteiger partial charge in [-0.1, -0.05) is 11.2 Å². The molecule has 3 aromatic rings. The van der Waals surface area contributed by atoms with Gasteiger partial charge in [0.1, 0.15) is 17.0 Å². The van der Waals surface area contributed by atoms with E-state index in [4.69, 9.17) is 9.26 Å². The van der Waals surface area contributed by atoms with Crippen molar-refractivity contribution in [1.82, 2.24) is 20.3 Å². The minimum absolute atomic E-state index is 0.165. The molecule has 0 bridgehead atoms. The number of benzene rings is 1. The fraction of sp³-hybridized carbons (Fsp3) is 0.267. The van der Waals surface area contributed by atoms with Crippen LogP contribution < -0.4 is 4.74 Å². The Morgan fingerprint density at radius 2 is 2.18 bits per heavy atom. The first-order chi connectivity index (χ1) is 10.5. The third-order valence-corrected chi connectivity index (χ3v) is 4.16. The van der Waals surface area contributed by atoms with Gasteiger partial charge in [0.25, 0.3) is 5.89 Å². The van der Waals surface area contributed by atoms with Crippen molar-refractivity contribution >= 4 is 15.9 Å². The number of halogens is 1. The van der Waals surface area contributed by atoms with Gasteiger partial charge in [-0.05, 0) is 47.5 Å². The number of H-pyrrole nitrogens is 1. The molecule has 3 heterocycles. The molecule has 112 valence electrons. The molecular weight excluding hydrogens is 348 g/mol. The summed E-state index contributed by atoms with van der Waals surface area (Å²) < 4.78 is 12.1. The van der Waals surface area contributed by atoms with E-state index in [0.29, 0.717) is 17.4 Å². The van der Waals surface area contributed by atoms with Crippen molar-refractivity contribution in [1.29, 1.82) is 0 Å². The summed E-state index contributed by atoms with van der Waals surface area (Å²) in [7, 11) is 0. The maximum absolute atomic E-state index is 5.94. The lowest BCUT2D eigenvalue weighted by Crippen LogP contribution is -2.24. The average Bonchev–Trinajstić information content (AvgIpc) is 3.13. The molecule has 0 fully saturated rings. The van der Waals surface area contributed by atoms with Crippen LogP contribution in [0.15, 0.2) is 33.4 Å². The highest BCUT2D eigenvalue weighted by molar-refractivity contribution is 9.10. The number of fused-ring (bicyclic) bond motifs is 1. The third kappa shape index (κ3) is 2.21. The van der Waals surface area contributed by atoms with E-state index in [1.165, 1.54) is 5.56 Å². The maximum Gasteiger partial charge on any atom is 0.258 e. The van der Waals surface area contributed by atoms with E-state index in [-0.39, 0.29) is 5.60 Å². The molecule has 6 nitrogen and oxygen atoms in total. The molecule has 0 spiro atoms. The van der Waals surface area contributed by atoms with Gasteiger partial charge in [0.15, 0.2) is 0 Å². The SMILES string of the molecule is CC1(C)Cc2ccc(-c3nc(-c4[nH]ncc4Br)no3)cc2O1. The molecule has 0 amide bonds. The van der Waals surface area contributed by atoms with Crippen LogP contribution in [-0.4, -0.2) is 25.9 Å². The molecule has 0 atom stereocenters. The molecule has 0 aliphatic carbocycles. The first kappa shape index (κ1) is 13.5. The monoisotopic (exact) mass is 360 g/mol. The lowest BCUT2D eigenvalue weighted by molar-refractivity contribution is 0.138. The van der Waals surface area contributed by atoms with Gasteiger partial charge in [0.2, 0.25) is 5.82 Å². The average molecular weight is 361 g/mol. The summed E-state index contributed by atoms with van der Waals surface area (Å²) in [4.78, 5) is 4.41. The topological polar surface area (TPSA) is 76.8 Å². The van der Waals surface area contributed by atoms with Gasteiger partial charge in [-0.15, -0.1) is 0 Å². The fourth-order valence-electron chi connectivity index (χ4n) is 2.59. The standard InChI is InChI=1S/C15H13BrN4O2/c1-15(2)6-9-4-3-8(5-11(9)21-15)14-18-13(20-22-14)12-10(16)7-17-19-12/h3-5,7H,6H2,1-2H3,(H,17,19). The minimum atomic E-state index is -0.165. The molecular formula is C15H13BrN4O2. The lowest BCUT2D eigenvalue weighted by atomic mass is 10.0. The summed E-state index contributed by atoms with van der Waals surface area (Å²) in [5, 5.41) is 10.8. The van der Waals surface area contributed by atoms with Crippen molar-refractivity contribution < 1.29 is 9.26 Å². The number of nitrogens with one attached hydrogen (secondary N) is 1. The minimum Gasteiger partial charge on any atom is -0.487 e. The molecule has 1 N–H and O–H groups in total. The van der Waals surface area contributed by atoms with Gasteiger partial charge in [0, 0.05) is 12.0 Å². The van der Waals surface area contributed by atoms with Crippen LogP contribution in [0.1, 0.15) is 19.4 Å². The van der Waals surface area contributed by atoms with Crippen LogP contribution in [0.25, 0.3) is 23.0 Å². The molecule has 7 heteroatoms. The fourth-order valence-corrected chi connectivity index (χ4v) is 2.96. The molecule has 1 aliphatic heterocycles. The second-order valence-electron chi connectivity index (χ2n) is 5.88. The van der Waals surface area contributed by atoms with Crippen molar-refractivity contribution in [2.45, 2.75) is 25.9 Å². The van der Waals surface area contributed by atoms with Crippen LogP contribution in [0.3, 0.4) is 0 Å². The van der Waals surface area contributed by atoms with Crippen molar-refractivity contribution in [2.75, 3.05) is 0 Å². The van der Waals surface area contributed by atoms with Crippen molar-refractivity contribution in [3.05, 3.63) is 34.4 Å². The number of hydrogen-bond donors (Lipinski definition) is 1. The highest BCUT2D eigenvalue weighted by atomic mass is 79.9. The van der Waals surface area contributed by atoms with Gasteiger partial charge in [-0.2, -0.15) is 10.1 Å². The van der Waals surface area contributed by atoms with Crippen LogP contribution in [-0.2, 0) is 6.42 Å². The van der Waals surface area contributed by atoms with Crippen LogP contribution in [0.4, 0.5) is 0 Å². The largest absolute Gasteiger partial charge is 0.487 e. The number of nitrogens with zero attached hydrogens (tertiary/aromatic N) is 3. The van der Waals surface area contributed by atoms with Gasteiger partial charge in [0.05, 0.1) is 10.7 Å². The second kappa shape index (κ2) is 4.67. The zero-order chi connectivity index (χ0) is 15.3. The zero-order valence-electron chi connectivity index (χ0n) is 12.1. The number of aromatic amines is 1. The number of ether oxygens (including phenoxy) is 1. The van der Waals surface area contributed by atoms with E-state index in [9.17, 15) is 0 Å². The van der Waals surface area contributed by atoms with E-state index in [0.717, 1.165) is 22.2 Å². The highest BCUT2D eigenvalue weighted by Gasteiger charge is 2.30. The molecule has 0 radical (unpaired) electrons. The molecule has 0 saturated heterocycles. The summed E-state index contributed by atoms with van der Waals surface area (Å²) in [5.41, 5.74) is 2.56. The molecule has 22 heavy (non-hydrogen) atoms. The summed E-state index contributed by atoms with van der Waals surface area (Å²) in [6, 6.07) is 5.97. The van der Waals surface area contributed by atoms with Crippen LogP contribution in [0.5, 0.6) is 5.75 Å².